The van der Waals surface area contributed by atoms with Crippen molar-refractivity contribution >= 4 is 0 Å². The van der Waals surface area contributed by atoms with Gasteiger partial charge < -0.3 is 9.47 Å². The van der Waals surface area contributed by atoms with E-state index < -0.39 is 0 Å². The van der Waals surface area contributed by atoms with Crippen LogP contribution in [-0.4, -0.2) is 17.8 Å². The van der Waals surface area contributed by atoms with E-state index in [9.17, 15) is 4.79 Å². The van der Waals surface area contributed by atoms with Crippen LogP contribution in [0, 0.1) is 6.92 Å². The van der Waals surface area contributed by atoms with Gasteiger partial charge in [-0.2, -0.15) is 0 Å². The largest absolute Gasteiger partial charge is 0.486 e. The predicted molar refractivity (Wildman–Crippen MR) is 67.8 cm³/mol. The fourth-order valence-corrected chi connectivity index (χ4v) is 1.98. The fraction of sp³-hybridized carbons (Fsp3) is 0.214. The molecule has 18 heavy (non-hydrogen) atoms. The van der Waals surface area contributed by atoms with Crippen LogP contribution >= 0.6 is 0 Å². The minimum Gasteiger partial charge on any atom is -0.486 e. The first-order chi connectivity index (χ1) is 8.74. The van der Waals surface area contributed by atoms with Gasteiger partial charge in [-0.05, 0) is 24.6 Å². The van der Waals surface area contributed by atoms with E-state index in [1.165, 1.54) is 0 Å². The predicted octanol–water partition coefficient (Wildman–Crippen LogP) is 1.92. The molecule has 0 radical (unpaired) electrons. The van der Waals surface area contributed by atoms with Gasteiger partial charge >= 0.3 is 0 Å². The summed E-state index contributed by atoms with van der Waals surface area (Å²) in [5.74, 6) is 1.41. The van der Waals surface area contributed by atoms with Crippen molar-refractivity contribution in [3.63, 3.8) is 0 Å². The molecule has 0 aliphatic carbocycles. The lowest BCUT2D eigenvalue weighted by Crippen LogP contribution is -2.18. The number of aromatic nitrogens is 1. The molecular weight excluding hydrogens is 230 g/mol. The van der Waals surface area contributed by atoms with Gasteiger partial charge in [0.05, 0.1) is 5.69 Å². The van der Waals surface area contributed by atoms with Crippen molar-refractivity contribution in [3.8, 4) is 17.2 Å². The van der Waals surface area contributed by atoms with Gasteiger partial charge in [0.2, 0.25) is 0 Å². The molecule has 4 nitrogen and oxygen atoms in total. The summed E-state index contributed by atoms with van der Waals surface area (Å²) in [5.41, 5.74) is 1.76. The summed E-state index contributed by atoms with van der Waals surface area (Å²) in [5, 5.41) is 0. The van der Waals surface area contributed by atoms with E-state index in [0.717, 1.165) is 17.0 Å². The molecular formula is C14H13NO3. The van der Waals surface area contributed by atoms with E-state index in [2.05, 4.69) is 0 Å². The van der Waals surface area contributed by atoms with E-state index in [4.69, 9.17) is 9.47 Å². The van der Waals surface area contributed by atoms with Crippen LogP contribution in [0.15, 0.2) is 41.3 Å². The normalized spacial score (nSPS) is 13.4. The number of benzene rings is 1. The van der Waals surface area contributed by atoms with Crippen molar-refractivity contribution in [3.05, 3.63) is 52.4 Å². The number of pyridine rings is 1. The average Bonchev–Trinajstić information content (AvgIpc) is 2.41. The molecule has 2 aromatic rings. The minimum atomic E-state index is -0.0581. The van der Waals surface area contributed by atoms with E-state index in [0.29, 0.717) is 19.0 Å². The fourth-order valence-electron chi connectivity index (χ4n) is 1.98. The van der Waals surface area contributed by atoms with Crippen LogP contribution in [0.25, 0.3) is 5.69 Å². The van der Waals surface area contributed by atoms with Crippen LogP contribution in [0.5, 0.6) is 11.5 Å². The Labute approximate surface area is 104 Å². The molecule has 0 unspecified atom stereocenters. The zero-order valence-electron chi connectivity index (χ0n) is 10.1. The first kappa shape index (κ1) is 10.9. The molecule has 4 heteroatoms. The van der Waals surface area contributed by atoms with Crippen LogP contribution < -0.4 is 15.0 Å². The summed E-state index contributed by atoms with van der Waals surface area (Å²) in [4.78, 5) is 11.8. The minimum absolute atomic E-state index is 0.0581. The van der Waals surface area contributed by atoms with E-state index in [1.54, 1.807) is 16.7 Å². The van der Waals surface area contributed by atoms with Gasteiger partial charge in [-0.15, -0.1) is 0 Å². The van der Waals surface area contributed by atoms with E-state index in [1.807, 2.05) is 31.3 Å². The van der Waals surface area contributed by atoms with Crippen molar-refractivity contribution < 1.29 is 9.47 Å². The molecule has 0 amide bonds. The van der Waals surface area contributed by atoms with Gasteiger partial charge in [0.1, 0.15) is 13.2 Å². The first-order valence-electron chi connectivity index (χ1n) is 5.83. The number of rotatable bonds is 1. The average molecular weight is 243 g/mol. The Hall–Kier alpha value is -2.23. The number of ether oxygens (including phenoxy) is 2. The lowest BCUT2D eigenvalue weighted by atomic mass is 10.2. The highest BCUT2D eigenvalue weighted by molar-refractivity contribution is 5.49. The van der Waals surface area contributed by atoms with Crippen molar-refractivity contribution in [2.75, 3.05) is 13.2 Å². The van der Waals surface area contributed by atoms with Crippen molar-refractivity contribution in [2.45, 2.75) is 6.92 Å². The van der Waals surface area contributed by atoms with Crippen molar-refractivity contribution in [1.29, 1.82) is 0 Å². The van der Waals surface area contributed by atoms with Gasteiger partial charge in [0.15, 0.2) is 11.5 Å². The summed E-state index contributed by atoms with van der Waals surface area (Å²) in [6, 6.07) is 8.88. The number of aryl methyl sites for hydroxylation is 1. The van der Waals surface area contributed by atoms with Crippen LogP contribution in [-0.2, 0) is 0 Å². The van der Waals surface area contributed by atoms with E-state index in [-0.39, 0.29) is 5.56 Å². The maximum atomic E-state index is 11.8. The molecule has 0 saturated heterocycles. The maximum Gasteiger partial charge on any atom is 0.255 e. The molecule has 0 fully saturated rings. The molecule has 0 spiro atoms. The van der Waals surface area contributed by atoms with Crippen LogP contribution in [0.3, 0.4) is 0 Å². The monoisotopic (exact) mass is 243 g/mol. The van der Waals surface area contributed by atoms with Gasteiger partial charge in [-0.1, -0.05) is 6.07 Å². The third kappa shape index (κ3) is 1.86. The Kier molecular flexibility index (Phi) is 2.55. The standard InChI is InChI=1S/C14H13NO3/c1-10-2-5-14(16)15(9-10)11-3-4-12-13(8-11)18-7-6-17-12/h2-5,8-9H,6-7H2,1H3. The quantitative estimate of drug-likeness (QED) is 0.768. The number of nitrogens with zero attached hydrogens (tertiary/aromatic N) is 1. The second kappa shape index (κ2) is 4.22. The van der Waals surface area contributed by atoms with Gasteiger partial charge in [0, 0.05) is 18.3 Å². The zero-order chi connectivity index (χ0) is 12.5. The summed E-state index contributed by atoms with van der Waals surface area (Å²) in [6.45, 7) is 3.06. The molecule has 0 atom stereocenters. The number of fused-ring (bicyclic) bond motifs is 1. The molecule has 92 valence electrons. The molecule has 1 aromatic heterocycles. The van der Waals surface area contributed by atoms with Gasteiger partial charge in [-0.25, -0.2) is 0 Å². The Morgan fingerprint density at radius 2 is 1.83 bits per heavy atom. The second-order valence-electron chi connectivity index (χ2n) is 4.24. The molecule has 0 bridgehead atoms. The number of hydrogen-bond donors (Lipinski definition) is 0. The Bertz CT molecular complexity index is 646. The van der Waals surface area contributed by atoms with Crippen LogP contribution in [0.4, 0.5) is 0 Å². The Morgan fingerprint density at radius 1 is 1.06 bits per heavy atom. The third-order valence-electron chi connectivity index (χ3n) is 2.86. The van der Waals surface area contributed by atoms with Crippen LogP contribution in [0.1, 0.15) is 5.56 Å². The van der Waals surface area contributed by atoms with Gasteiger partial charge in [0.25, 0.3) is 5.56 Å². The summed E-state index contributed by atoms with van der Waals surface area (Å²) >= 11 is 0. The maximum absolute atomic E-state index is 11.8. The molecule has 1 aliphatic heterocycles. The SMILES string of the molecule is Cc1ccc(=O)n(-c2ccc3c(c2)OCCO3)c1. The summed E-state index contributed by atoms with van der Waals surface area (Å²) in [7, 11) is 0. The summed E-state index contributed by atoms with van der Waals surface area (Å²) < 4.78 is 12.6. The second-order valence-corrected chi connectivity index (χ2v) is 4.24. The van der Waals surface area contributed by atoms with Crippen molar-refractivity contribution in [1.82, 2.24) is 4.57 Å². The molecule has 3 rings (SSSR count). The smallest absolute Gasteiger partial charge is 0.255 e. The Morgan fingerprint density at radius 3 is 2.67 bits per heavy atom. The Balaban J connectivity index is 2.12. The molecule has 0 saturated carbocycles. The summed E-state index contributed by atoms with van der Waals surface area (Å²) in [6.07, 6.45) is 1.81. The molecule has 0 N–H and O–H groups in total. The number of hydrogen-bond acceptors (Lipinski definition) is 3. The lowest BCUT2D eigenvalue weighted by Gasteiger charge is -2.19. The van der Waals surface area contributed by atoms with E-state index >= 15 is 0 Å². The highest BCUT2D eigenvalue weighted by Gasteiger charge is 2.12. The highest BCUT2D eigenvalue weighted by atomic mass is 16.6. The van der Waals surface area contributed by atoms with Crippen LogP contribution in [0.2, 0.25) is 0 Å². The molecule has 1 aromatic carbocycles. The highest BCUT2D eigenvalue weighted by Crippen LogP contribution is 2.31. The van der Waals surface area contributed by atoms with Gasteiger partial charge in [-0.3, -0.25) is 9.36 Å². The first-order valence-corrected chi connectivity index (χ1v) is 5.83. The van der Waals surface area contributed by atoms with Crippen molar-refractivity contribution in [2.24, 2.45) is 0 Å². The molecule has 2 heterocycles. The lowest BCUT2D eigenvalue weighted by molar-refractivity contribution is 0.171. The third-order valence-corrected chi connectivity index (χ3v) is 2.86. The molecule has 1 aliphatic rings. The topological polar surface area (TPSA) is 40.5 Å². The zero-order valence-corrected chi connectivity index (χ0v) is 10.1.